The standard InChI is InChI=1S/C11H16N2O3/c12-11(14)16-9-7-13-6-8-15-10-4-2-1-3-5-10/h1-5,13H,6-9H2,(H2,12,14). The van der Waals surface area contributed by atoms with E-state index in [1.807, 2.05) is 30.3 Å². The predicted molar refractivity (Wildman–Crippen MR) is 60.3 cm³/mol. The van der Waals surface area contributed by atoms with Crippen LogP contribution < -0.4 is 15.8 Å². The molecule has 16 heavy (non-hydrogen) atoms. The summed E-state index contributed by atoms with van der Waals surface area (Å²) < 4.78 is 9.98. The summed E-state index contributed by atoms with van der Waals surface area (Å²) in [5.41, 5.74) is 4.80. The van der Waals surface area contributed by atoms with E-state index in [-0.39, 0.29) is 6.61 Å². The van der Waals surface area contributed by atoms with Crippen molar-refractivity contribution < 1.29 is 14.3 Å². The van der Waals surface area contributed by atoms with Gasteiger partial charge in [-0.3, -0.25) is 0 Å². The number of nitrogens with one attached hydrogen (secondary N) is 1. The maximum Gasteiger partial charge on any atom is 0.404 e. The summed E-state index contributed by atoms with van der Waals surface area (Å²) in [5, 5.41) is 3.05. The zero-order valence-electron chi connectivity index (χ0n) is 9.02. The van der Waals surface area contributed by atoms with Crippen LogP contribution in [0, 0.1) is 0 Å². The van der Waals surface area contributed by atoms with Gasteiger partial charge in [-0.25, -0.2) is 4.79 Å². The maximum atomic E-state index is 10.2. The van der Waals surface area contributed by atoms with Crippen molar-refractivity contribution in [3.8, 4) is 5.75 Å². The highest BCUT2D eigenvalue weighted by molar-refractivity contribution is 5.64. The molecule has 1 amide bonds. The van der Waals surface area contributed by atoms with Crippen molar-refractivity contribution in [1.82, 2.24) is 5.32 Å². The minimum atomic E-state index is -0.748. The SMILES string of the molecule is NC(=O)OCCNCCOc1ccccc1. The molecule has 0 atom stereocenters. The molecule has 0 aromatic heterocycles. The van der Waals surface area contributed by atoms with Crippen molar-refractivity contribution in [2.45, 2.75) is 0 Å². The summed E-state index contributed by atoms with van der Waals surface area (Å²) in [6, 6.07) is 9.58. The summed E-state index contributed by atoms with van der Waals surface area (Å²) in [4.78, 5) is 10.2. The number of hydrogen-bond donors (Lipinski definition) is 2. The van der Waals surface area contributed by atoms with Crippen molar-refractivity contribution in [2.24, 2.45) is 5.73 Å². The Bertz CT molecular complexity index is 303. The molecule has 0 unspecified atom stereocenters. The van der Waals surface area contributed by atoms with Gasteiger partial charge in [0.15, 0.2) is 0 Å². The fourth-order valence-corrected chi connectivity index (χ4v) is 1.11. The minimum absolute atomic E-state index is 0.278. The number of rotatable bonds is 7. The van der Waals surface area contributed by atoms with Gasteiger partial charge in [0, 0.05) is 13.1 Å². The van der Waals surface area contributed by atoms with E-state index >= 15 is 0 Å². The van der Waals surface area contributed by atoms with Crippen LogP contribution in [-0.4, -0.2) is 32.4 Å². The Morgan fingerprint density at radius 2 is 1.88 bits per heavy atom. The van der Waals surface area contributed by atoms with Gasteiger partial charge < -0.3 is 20.5 Å². The van der Waals surface area contributed by atoms with Crippen LogP contribution in [0.15, 0.2) is 30.3 Å². The molecule has 88 valence electrons. The second kappa shape index (κ2) is 7.53. The Hall–Kier alpha value is -1.75. The van der Waals surface area contributed by atoms with Crippen LogP contribution in [0.4, 0.5) is 4.79 Å². The van der Waals surface area contributed by atoms with E-state index in [1.54, 1.807) is 0 Å². The number of para-hydroxylation sites is 1. The minimum Gasteiger partial charge on any atom is -0.492 e. The van der Waals surface area contributed by atoms with E-state index in [9.17, 15) is 4.79 Å². The molecule has 0 heterocycles. The third kappa shape index (κ3) is 5.87. The van der Waals surface area contributed by atoms with Gasteiger partial charge in [-0.05, 0) is 12.1 Å². The summed E-state index contributed by atoms with van der Waals surface area (Å²) in [6.45, 7) is 2.11. The molecule has 0 aliphatic heterocycles. The van der Waals surface area contributed by atoms with Gasteiger partial charge in [0.25, 0.3) is 0 Å². The van der Waals surface area contributed by atoms with Gasteiger partial charge in [-0.15, -0.1) is 0 Å². The molecule has 5 nitrogen and oxygen atoms in total. The molecule has 1 aromatic rings. The molecule has 0 fully saturated rings. The largest absolute Gasteiger partial charge is 0.492 e. The smallest absolute Gasteiger partial charge is 0.404 e. The van der Waals surface area contributed by atoms with Crippen molar-refractivity contribution in [2.75, 3.05) is 26.3 Å². The molecule has 1 aromatic carbocycles. The second-order valence-corrected chi connectivity index (χ2v) is 3.08. The number of hydrogen-bond acceptors (Lipinski definition) is 4. The normalized spacial score (nSPS) is 9.75. The van der Waals surface area contributed by atoms with Crippen LogP contribution in [0.3, 0.4) is 0 Å². The molecule has 0 bridgehead atoms. The monoisotopic (exact) mass is 224 g/mol. The topological polar surface area (TPSA) is 73.6 Å². The zero-order valence-corrected chi connectivity index (χ0v) is 9.02. The number of amides is 1. The zero-order chi connectivity index (χ0) is 11.6. The first kappa shape index (κ1) is 12.3. The molecule has 0 aliphatic carbocycles. The average Bonchev–Trinajstić information content (AvgIpc) is 2.29. The van der Waals surface area contributed by atoms with Crippen molar-refractivity contribution >= 4 is 6.09 Å². The Balaban J connectivity index is 1.94. The third-order valence-electron chi connectivity index (χ3n) is 1.81. The van der Waals surface area contributed by atoms with Crippen molar-refractivity contribution in [1.29, 1.82) is 0 Å². The highest BCUT2D eigenvalue weighted by Crippen LogP contribution is 2.07. The number of carbonyl (C=O) groups is 1. The molecule has 0 saturated carbocycles. The lowest BCUT2D eigenvalue weighted by molar-refractivity contribution is 0.157. The highest BCUT2D eigenvalue weighted by Gasteiger charge is 1.93. The van der Waals surface area contributed by atoms with Gasteiger partial charge in [0.05, 0.1) is 0 Å². The molecular weight excluding hydrogens is 208 g/mol. The van der Waals surface area contributed by atoms with Gasteiger partial charge >= 0.3 is 6.09 Å². The lowest BCUT2D eigenvalue weighted by atomic mass is 10.3. The van der Waals surface area contributed by atoms with Gasteiger partial charge in [0.1, 0.15) is 19.0 Å². The van der Waals surface area contributed by atoms with Gasteiger partial charge in [-0.2, -0.15) is 0 Å². The molecule has 0 radical (unpaired) electrons. The van der Waals surface area contributed by atoms with Crippen LogP contribution in [0.2, 0.25) is 0 Å². The lowest BCUT2D eigenvalue weighted by Crippen LogP contribution is -2.27. The van der Waals surface area contributed by atoms with E-state index in [2.05, 4.69) is 10.1 Å². The number of nitrogens with two attached hydrogens (primary N) is 1. The number of carbonyl (C=O) groups excluding carboxylic acids is 1. The first-order chi connectivity index (χ1) is 7.79. The Morgan fingerprint density at radius 3 is 2.56 bits per heavy atom. The predicted octanol–water partition coefficient (Wildman–Crippen LogP) is 0.750. The Kier molecular flexibility index (Phi) is 5.80. The molecule has 5 heteroatoms. The van der Waals surface area contributed by atoms with E-state index < -0.39 is 6.09 Å². The fraction of sp³-hybridized carbons (Fsp3) is 0.364. The maximum absolute atomic E-state index is 10.2. The van der Waals surface area contributed by atoms with Crippen LogP contribution in [-0.2, 0) is 4.74 Å². The fourth-order valence-electron chi connectivity index (χ4n) is 1.11. The molecule has 0 saturated heterocycles. The molecule has 0 aliphatic rings. The first-order valence-electron chi connectivity index (χ1n) is 5.10. The van der Waals surface area contributed by atoms with E-state index in [1.165, 1.54) is 0 Å². The Labute approximate surface area is 94.5 Å². The average molecular weight is 224 g/mol. The molecule has 3 N–H and O–H groups in total. The summed E-state index contributed by atoms with van der Waals surface area (Å²) in [5.74, 6) is 0.845. The highest BCUT2D eigenvalue weighted by atomic mass is 16.5. The lowest BCUT2D eigenvalue weighted by Gasteiger charge is -2.07. The Morgan fingerprint density at radius 1 is 1.19 bits per heavy atom. The van der Waals surface area contributed by atoms with Crippen LogP contribution in [0.1, 0.15) is 0 Å². The second-order valence-electron chi connectivity index (χ2n) is 3.08. The van der Waals surface area contributed by atoms with Crippen LogP contribution in [0.5, 0.6) is 5.75 Å². The van der Waals surface area contributed by atoms with Crippen molar-refractivity contribution in [3.05, 3.63) is 30.3 Å². The van der Waals surface area contributed by atoms with E-state index in [0.717, 1.165) is 5.75 Å². The van der Waals surface area contributed by atoms with E-state index in [4.69, 9.17) is 10.5 Å². The quantitative estimate of drug-likeness (QED) is 0.670. The molecule has 1 rings (SSSR count). The third-order valence-corrected chi connectivity index (χ3v) is 1.81. The van der Waals surface area contributed by atoms with E-state index in [0.29, 0.717) is 19.7 Å². The van der Waals surface area contributed by atoms with Gasteiger partial charge in [-0.1, -0.05) is 18.2 Å². The van der Waals surface area contributed by atoms with Crippen LogP contribution in [0.25, 0.3) is 0 Å². The summed E-state index contributed by atoms with van der Waals surface area (Å²) >= 11 is 0. The van der Waals surface area contributed by atoms with Crippen LogP contribution >= 0.6 is 0 Å². The molecule has 0 spiro atoms. The van der Waals surface area contributed by atoms with Gasteiger partial charge in [0.2, 0.25) is 0 Å². The summed E-state index contributed by atoms with van der Waals surface area (Å²) in [6.07, 6.45) is -0.748. The molecular formula is C11H16N2O3. The summed E-state index contributed by atoms with van der Waals surface area (Å²) in [7, 11) is 0. The number of primary amides is 1. The first-order valence-corrected chi connectivity index (χ1v) is 5.10. The number of ether oxygens (including phenoxy) is 2. The number of benzene rings is 1. The van der Waals surface area contributed by atoms with Crippen molar-refractivity contribution in [3.63, 3.8) is 0 Å².